The first-order chi connectivity index (χ1) is 6.60. The summed E-state index contributed by atoms with van der Waals surface area (Å²) in [6, 6.07) is 0. The monoisotopic (exact) mass is 221 g/mol. The lowest BCUT2D eigenvalue weighted by molar-refractivity contribution is 0.182. The van der Waals surface area contributed by atoms with Gasteiger partial charge in [0, 0.05) is 4.57 Å². The Hall–Kier alpha value is 0.0200. The van der Waals surface area contributed by atoms with Crippen LogP contribution in [0.1, 0.15) is 40.5 Å². The van der Waals surface area contributed by atoms with Gasteiger partial charge in [-0.3, -0.25) is 0 Å². The lowest BCUT2D eigenvalue weighted by atomic mass is 10.1. The van der Waals surface area contributed by atoms with Crippen molar-refractivity contribution in [3.05, 3.63) is 0 Å². The zero-order valence-corrected chi connectivity index (χ0v) is 10.5. The van der Waals surface area contributed by atoms with Crippen molar-refractivity contribution in [2.75, 3.05) is 13.2 Å². The van der Waals surface area contributed by atoms with Crippen LogP contribution in [0.4, 0.5) is 0 Å². The van der Waals surface area contributed by atoms with Crippen LogP contribution >= 0.6 is 8.25 Å². The van der Waals surface area contributed by atoms with Gasteiger partial charge in [-0.2, -0.15) is 0 Å². The van der Waals surface area contributed by atoms with Crippen molar-refractivity contribution in [1.29, 1.82) is 0 Å². The quantitative estimate of drug-likeness (QED) is 0.585. The van der Waals surface area contributed by atoms with Crippen molar-refractivity contribution < 1.29 is 13.6 Å². The second-order valence-corrected chi connectivity index (χ2v) is 4.81. The minimum atomic E-state index is -1.91. The largest absolute Gasteiger partial charge is 0.697 e. The molecule has 2 unspecified atom stereocenters. The Labute approximate surface area is 88.1 Å². The van der Waals surface area contributed by atoms with Gasteiger partial charge in [-0.25, -0.2) is 0 Å². The molecule has 0 aromatic carbocycles. The Morgan fingerprint density at radius 2 is 1.36 bits per heavy atom. The topological polar surface area (TPSA) is 35.5 Å². The summed E-state index contributed by atoms with van der Waals surface area (Å²) in [5.74, 6) is 0.891. The average molecular weight is 221 g/mol. The summed E-state index contributed by atoms with van der Waals surface area (Å²) < 4.78 is 21.3. The maximum absolute atomic E-state index is 11.2. The minimum absolute atomic E-state index is 0.446. The Bertz CT molecular complexity index is 145. The van der Waals surface area contributed by atoms with E-state index in [0.717, 1.165) is 12.8 Å². The van der Waals surface area contributed by atoms with Crippen LogP contribution in [-0.2, 0) is 13.6 Å². The van der Waals surface area contributed by atoms with Crippen molar-refractivity contribution >= 4 is 8.25 Å². The predicted octanol–water partition coefficient (Wildman–Crippen LogP) is 3.77. The molecule has 0 heterocycles. The van der Waals surface area contributed by atoms with Gasteiger partial charge >= 0.3 is 8.25 Å². The van der Waals surface area contributed by atoms with Gasteiger partial charge in [-0.15, -0.1) is 9.05 Å². The molecule has 0 aromatic heterocycles. The fourth-order valence-corrected chi connectivity index (χ4v) is 1.48. The van der Waals surface area contributed by atoms with Crippen LogP contribution in [0.3, 0.4) is 0 Å². The molecular weight excluding hydrogens is 199 g/mol. The maximum Gasteiger partial charge on any atom is 0.697 e. The van der Waals surface area contributed by atoms with Crippen LogP contribution in [-0.4, -0.2) is 13.2 Å². The summed E-state index contributed by atoms with van der Waals surface area (Å²) >= 11 is 0. The molecule has 0 aromatic rings. The van der Waals surface area contributed by atoms with Gasteiger partial charge in [0.1, 0.15) is 13.2 Å². The molecule has 4 heteroatoms. The smallest absolute Gasteiger partial charge is 0.119 e. The third kappa shape index (κ3) is 7.43. The molecule has 0 aliphatic heterocycles. The average Bonchev–Trinajstić information content (AvgIpc) is 2.22. The lowest BCUT2D eigenvalue weighted by Gasteiger charge is -2.02. The molecule has 0 spiro atoms. The van der Waals surface area contributed by atoms with E-state index >= 15 is 0 Å². The van der Waals surface area contributed by atoms with Crippen molar-refractivity contribution in [1.82, 2.24) is 0 Å². The Kier molecular flexibility index (Phi) is 8.35. The van der Waals surface area contributed by atoms with Crippen LogP contribution in [0.5, 0.6) is 0 Å². The fourth-order valence-electron chi connectivity index (χ4n) is 0.649. The van der Waals surface area contributed by atoms with Crippen LogP contribution in [0.25, 0.3) is 0 Å². The lowest BCUT2D eigenvalue weighted by Crippen LogP contribution is -2.03. The molecule has 14 heavy (non-hydrogen) atoms. The third-order valence-electron chi connectivity index (χ3n) is 2.32. The third-order valence-corrected chi connectivity index (χ3v) is 3.04. The van der Waals surface area contributed by atoms with Crippen LogP contribution < -0.4 is 0 Å². The number of hydrogen-bond acceptors (Lipinski definition) is 3. The van der Waals surface area contributed by atoms with E-state index in [-0.39, 0.29) is 0 Å². The molecular formula is C10H22O3P+. The van der Waals surface area contributed by atoms with Gasteiger partial charge in [0.15, 0.2) is 0 Å². The summed E-state index contributed by atoms with van der Waals surface area (Å²) in [5, 5.41) is 0. The second kappa shape index (κ2) is 8.34. The summed E-state index contributed by atoms with van der Waals surface area (Å²) in [4.78, 5) is 0. The normalized spacial score (nSPS) is 16.4. The summed E-state index contributed by atoms with van der Waals surface area (Å²) in [6.07, 6.45) is 2.07. The van der Waals surface area contributed by atoms with E-state index in [1.807, 2.05) is 0 Å². The summed E-state index contributed by atoms with van der Waals surface area (Å²) in [7, 11) is -1.91. The highest BCUT2D eigenvalue weighted by Gasteiger charge is 2.22. The van der Waals surface area contributed by atoms with Crippen molar-refractivity contribution in [2.45, 2.75) is 40.5 Å². The molecule has 0 fully saturated rings. The fraction of sp³-hybridized carbons (Fsp3) is 1.00. The maximum atomic E-state index is 11.2. The number of hydrogen-bond donors (Lipinski definition) is 0. The Morgan fingerprint density at radius 3 is 1.64 bits per heavy atom. The zero-order valence-electron chi connectivity index (χ0n) is 9.66. The van der Waals surface area contributed by atoms with Crippen molar-refractivity contribution in [3.8, 4) is 0 Å². The molecule has 0 bridgehead atoms. The van der Waals surface area contributed by atoms with E-state index in [4.69, 9.17) is 9.05 Å². The van der Waals surface area contributed by atoms with E-state index in [1.54, 1.807) is 0 Å². The highest BCUT2D eigenvalue weighted by Crippen LogP contribution is 2.26. The standard InChI is InChI=1S/C10H22O3P/c1-5-9(3)7-12-14(11)13-8-10(4)6-2/h9-10H,5-8H2,1-4H3/q+1. The molecule has 84 valence electrons. The van der Waals surface area contributed by atoms with E-state index in [0.29, 0.717) is 25.0 Å². The van der Waals surface area contributed by atoms with Crippen molar-refractivity contribution in [2.24, 2.45) is 11.8 Å². The summed E-state index contributed by atoms with van der Waals surface area (Å²) in [5.41, 5.74) is 0. The molecule has 0 rings (SSSR count). The highest BCUT2D eigenvalue weighted by molar-refractivity contribution is 7.33. The zero-order chi connectivity index (χ0) is 11.0. The van der Waals surface area contributed by atoms with E-state index in [9.17, 15) is 4.57 Å². The molecule has 0 aliphatic rings. The Balaban J connectivity index is 3.46. The van der Waals surface area contributed by atoms with E-state index < -0.39 is 8.25 Å². The second-order valence-electron chi connectivity index (χ2n) is 3.84. The van der Waals surface area contributed by atoms with Gasteiger partial charge in [-0.1, -0.05) is 40.5 Å². The summed E-state index contributed by atoms with van der Waals surface area (Å²) in [6.45, 7) is 9.34. The minimum Gasteiger partial charge on any atom is -0.119 e. The first-order valence-electron chi connectivity index (χ1n) is 5.33. The molecule has 0 saturated carbocycles. The molecule has 2 atom stereocenters. The first kappa shape index (κ1) is 14.0. The SMILES string of the molecule is CCC(C)CO[P+](=O)OCC(C)CC. The van der Waals surface area contributed by atoms with Gasteiger partial charge in [0.05, 0.1) is 0 Å². The van der Waals surface area contributed by atoms with Gasteiger partial charge in [-0.05, 0) is 11.8 Å². The molecule has 0 amide bonds. The van der Waals surface area contributed by atoms with Crippen LogP contribution in [0, 0.1) is 11.8 Å². The molecule has 0 aliphatic carbocycles. The van der Waals surface area contributed by atoms with E-state index in [1.165, 1.54) is 0 Å². The molecule has 0 N–H and O–H groups in total. The van der Waals surface area contributed by atoms with Crippen molar-refractivity contribution in [3.63, 3.8) is 0 Å². The van der Waals surface area contributed by atoms with E-state index in [2.05, 4.69) is 27.7 Å². The van der Waals surface area contributed by atoms with Crippen LogP contribution in [0.15, 0.2) is 0 Å². The molecule has 0 radical (unpaired) electrons. The number of rotatable bonds is 8. The Morgan fingerprint density at radius 1 is 1.00 bits per heavy atom. The van der Waals surface area contributed by atoms with Gasteiger partial charge < -0.3 is 0 Å². The van der Waals surface area contributed by atoms with Gasteiger partial charge in [0.25, 0.3) is 0 Å². The van der Waals surface area contributed by atoms with Gasteiger partial charge in [0.2, 0.25) is 0 Å². The molecule has 3 nitrogen and oxygen atoms in total. The van der Waals surface area contributed by atoms with Crippen LogP contribution in [0.2, 0.25) is 0 Å². The molecule has 0 saturated heterocycles. The highest BCUT2D eigenvalue weighted by atomic mass is 31.1. The first-order valence-corrected chi connectivity index (χ1v) is 6.42. The predicted molar refractivity (Wildman–Crippen MR) is 58.4 cm³/mol.